The number of rotatable bonds is 7. The smallest absolute Gasteiger partial charge is 0.295 e. The molecule has 7 heteroatoms. The van der Waals surface area contributed by atoms with E-state index in [-0.39, 0.29) is 17.4 Å². The molecule has 33 heavy (non-hydrogen) atoms. The van der Waals surface area contributed by atoms with Gasteiger partial charge in [-0.25, -0.2) is 0 Å². The summed E-state index contributed by atoms with van der Waals surface area (Å²) >= 11 is 6.25. The molecule has 1 amide bonds. The summed E-state index contributed by atoms with van der Waals surface area (Å²) < 4.78 is 5.76. The molecular formula is C26H29ClN2O4. The van der Waals surface area contributed by atoms with Gasteiger partial charge in [-0.05, 0) is 61.5 Å². The van der Waals surface area contributed by atoms with Crippen LogP contribution in [0.4, 0.5) is 0 Å². The van der Waals surface area contributed by atoms with Gasteiger partial charge in [0.05, 0.1) is 11.6 Å². The van der Waals surface area contributed by atoms with E-state index in [4.69, 9.17) is 16.3 Å². The van der Waals surface area contributed by atoms with Crippen molar-refractivity contribution >= 4 is 29.1 Å². The number of hydrogen-bond acceptors (Lipinski definition) is 5. The van der Waals surface area contributed by atoms with Gasteiger partial charge in [0.2, 0.25) is 0 Å². The minimum Gasteiger partial charge on any atom is -0.507 e. The molecule has 1 saturated heterocycles. The average Bonchev–Trinajstić information content (AvgIpc) is 3.30. The first-order chi connectivity index (χ1) is 15.8. The highest BCUT2D eigenvalue weighted by atomic mass is 35.5. The number of fused-ring (bicyclic) bond motifs is 1. The van der Waals surface area contributed by atoms with E-state index in [9.17, 15) is 14.7 Å². The van der Waals surface area contributed by atoms with Gasteiger partial charge < -0.3 is 19.6 Å². The fourth-order valence-corrected chi connectivity index (χ4v) is 4.85. The molecule has 2 aliphatic heterocycles. The van der Waals surface area contributed by atoms with Crippen LogP contribution in [0, 0.1) is 0 Å². The lowest BCUT2D eigenvalue weighted by Gasteiger charge is -2.28. The summed E-state index contributed by atoms with van der Waals surface area (Å²) in [7, 11) is 0. The normalized spacial score (nSPS) is 21.5. The summed E-state index contributed by atoms with van der Waals surface area (Å²) in [5.74, 6) is -0.676. The van der Waals surface area contributed by atoms with Gasteiger partial charge in [0.1, 0.15) is 17.6 Å². The maximum absolute atomic E-state index is 13.2. The van der Waals surface area contributed by atoms with Gasteiger partial charge in [0.25, 0.3) is 11.7 Å². The Morgan fingerprint density at radius 1 is 1.18 bits per heavy atom. The molecule has 1 fully saturated rings. The summed E-state index contributed by atoms with van der Waals surface area (Å²) in [5, 5.41) is 11.8. The molecule has 2 aromatic carbocycles. The van der Waals surface area contributed by atoms with Crippen LogP contribution >= 0.6 is 11.6 Å². The molecule has 1 N–H and O–H groups in total. The third-order valence-electron chi connectivity index (χ3n) is 6.43. The van der Waals surface area contributed by atoms with Crippen LogP contribution in [0.5, 0.6) is 5.75 Å². The Hall–Kier alpha value is -2.83. The maximum atomic E-state index is 13.2. The lowest BCUT2D eigenvalue weighted by molar-refractivity contribution is -0.140. The molecule has 0 saturated carbocycles. The second kappa shape index (κ2) is 9.57. The van der Waals surface area contributed by atoms with E-state index < -0.39 is 17.7 Å². The van der Waals surface area contributed by atoms with Crippen molar-refractivity contribution in [3.05, 3.63) is 69.8 Å². The number of aliphatic hydroxyl groups excluding tert-OH is 1. The van der Waals surface area contributed by atoms with Crippen molar-refractivity contribution in [2.24, 2.45) is 0 Å². The van der Waals surface area contributed by atoms with Crippen molar-refractivity contribution < 1.29 is 19.4 Å². The van der Waals surface area contributed by atoms with Gasteiger partial charge in [-0.1, -0.05) is 37.6 Å². The fourth-order valence-electron chi connectivity index (χ4n) is 4.65. The van der Waals surface area contributed by atoms with Crippen LogP contribution in [0.25, 0.3) is 5.76 Å². The molecule has 4 rings (SSSR count). The predicted molar refractivity (Wildman–Crippen MR) is 128 cm³/mol. The van der Waals surface area contributed by atoms with Crippen LogP contribution in [0.2, 0.25) is 5.02 Å². The van der Waals surface area contributed by atoms with Crippen LogP contribution in [-0.4, -0.2) is 58.9 Å². The van der Waals surface area contributed by atoms with Crippen molar-refractivity contribution in [2.75, 3.05) is 26.2 Å². The quantitative estimate of drug-likeness (QED) is 0.370. The van der Waals surface area contributed by atoms with Crippen LogP contribution in [0.15, 0.2) is 48.0 Å². The highest BCUT2D eigenvalue weighted by Crippen LogP contribution is 2.41. The number of likely N-dealkylation sites (tertiary alicyclic amines) is 1. The van der Waals surface area contributed by atoms with Crippen molar-refractivity contribution in [1.29, 1.82) is 0 Å². The van der Waals surface area contributed by atoms with Crippen molar-refractivity contribution in [3.63, 3.8) is 0 Å². The zero-order chi connectivity index (χ0) is 23.7. The van der Waals surface area contributed by atoms with Crippen LogP contribution in [-0.2, 0) is 16.0 Å². The maximum Gasteiger partial charge on any atom is 0.295 e. The van der Waals surface area contributed by atoms with Gasteiger partial charge in [-0.15, -0.1) is 0 Å². The first kappa shape index (κ1) is 23.3. The number of amides is 1. The summed E-state index contributed by atoms with van der Waals surface area (Å²) in [5.41, 5.74) is 2.26. The average molecular weight is 469 g/mol. The Labute approximate surface area is 199 Å². The number of benzene rings is 2. The Morgan fingerprint density at radius 3 is 2.64 bits per heavy atom. The van der Waals surface area contributed by atoms with E-state index in [0.717, 1.165) is 30.8 Å². The van der Waals surface area contributed by atoms with E-state index in [2.05, 4.69) is 18.7 Å². The molecular weight excluding hydrogens is 440 g/mol. The Kier molecular flexibility index (Phi) is 6.77. The third-order valence-corrected chi connectivity index (χ3v) is 6.66. The Morgan fingerprint density at radius 2 is 1.94 bits per heavy atom. The zero-order valence-corrected chi connectivity index (χ0v) is 19.9. The molecule has 6 nitrogen and oxygen atoms in total. The van der Waals surface area contributed by atoms with Gasteiger partial charge in [0, 0.05) is 30.1 Å². The van der Waals surface area contributed by atoms with E-state index >= 15 is 0 Å². The predicted octanol–water partition coefficient (Wildman–Crippen LogP) is 4.43. The van der Waals surface area contributed by atoms with E-state index in [1.165, 1.54) is 0 Å². The first-order valence-electron chi connectivity index (χ1n) is 11.4. The minimum atomic E-state index is -0.706. The van der Waals surface area contributed by atoms with E-state index in [0.29, 0.717) is 29.2 Å². The largest absolute Gasteiger partial charge is 0.507 e. The number of carbonyl (C=O) groups excluding carboxylic acids is 2. The lowest BCUT2D eigenvalue weighted by atomic mass is 9.94. The summed E-state index contributed by atoms with van der Waals surface area (Å²) in [4.78, 5) is 30.0. The standard InChI is InChI=1S/C26H29ClN2O4/c1-4-28(5-2)11-12-29-23(17-7-6-8-20(27)15-17)22(25(31)26(29)32)24(30)18-9-10-21-19(14-18)13-16(3)33-21/h6-10,14-16,23,30H,4-5,11-13H2,1-3H3/b24-22+/t16-,23+/m0/s1. The van der Waals surface area contributed by atoms with Crippen molar-refractivity contribution in [1.82, 2.24) is 9.80 Å². The number of ketones is 1. The molecule has 2 atom stereocenters. The number of aliphatic hydroxyl groups is 1. The fraction of sp³-hybridized carbons (Fsp3) is 0.385. The molecule has 2 heterocycles. The number of carbonyl (C=O) groups is 2. The number of halogens is 1. The summed E-state index contributed by atoms with van der Waals surface area (Å²) in [6.07, 6.45) is 0.793. The highest BCUT2D eigenvalue weighted by Gasteiger charge is 2.46. The number of ether oxygens (including phenoxy) is 1. The Bertz CT molecular complexity index is 1110. The molecule has 2 aliphatic rings. The topological polar surface area (TPSA) is 70.1 Å². The van der Waals surface area contributed by atoms with Gasteiger partial charge >= 0.3 is 0 Å². The molecule has 0 aromatic heterocycles. The number of nitrogens with zero attached hydrogens (tertiary/aromatic N) is 2. The minimum absolute atomic E-state index is 0.0644. The molecule has 0 bridgehead atoms. The van der Waals surface area contributed by atoms with Gasteiger partial charge in [-0.2, -0.15) is 0 Å². The highest BCUT2D eigenvalue weighted by molar-refractivity contribution is 6.46. The van der Waals surface area contributed by atoms with E-state index in [1.54, 1.807) is 35.2 Å². The molecule has 0 unspecified atom stereocenters. The first-order valence-corrected chi connectivity index (χ1v) is 11.8. The number of hydrogen-bond donors (Lipinski definition) is 1. The van der Waals surface area contributed by atoms with Crippen LogP contribution < -0.4 is 4.74 Å². The number of likely N-dealkylation sites (N-methyl/N-ethyl adjacent to an activating group) is 1. The van der Waals surface area contributed by atoms with Gasteiger partial charge in [0.15, 0.2) is 0 Å². The van der Waals surface area contributed by atoms with Crippen LogP contribution in [0.1, 0.15) is 43.5 Å². The monoisotopic (exact) mass is 468 g/mol. The molecule has 2 aromatic rings. The second-order valence-electron chi connectivity index (χ2n) is 8.53. The summed E-state index contributed by atoms with van der Waals surface area (Å²) in [6.45, 7) is 8.80. The second-order valence-corrected chi connectivity index (χ2v) is 8.97. The number of Topliss-reactive ketones (excluding diaryl/α,β-unsaturated/α-hetero) is 1. The van der Waals surface area contributed by atoms with Crippen molar-refractivity contribution in [3.8, 4) is 5.75 Å². The van der Waals surface area contributed by atoms with Gasteiger partial charge in [-0.3, -0.25) is 9.59 Å². The molecule has 0 aliphatic carbocycles. The van der Waals surface area contributed by atoms with Crippen LogP contribution in [0.3, 0.4) is 0 Å². The van der Waals surface area contributed by atoms with E-state index in [1.807, 2.05) is 19.1 Å². The van der Waals surface area contributed by atoms with Crippen molar-refractivity contribution in [2.45, 2.75) is 39.3 Å². The Balaban J connectivity index is 1.79. The molecule has 174 valence electrons. The molecule has 0 radical (unpaired) electrons. The SMILES string of the molecule is CCN(CC)CCN1C(=O)C(=O)/C(=C(/O)c2ccc3c(c2)C[C@H](C)O3)[C@H]1c1cccc(Cl)c1. The molecule has 0 spiro atoms. The lowest BCUT2D eigenvalue weighted by Crippen LogP contribution is -2.38. The summed E-state index contributed by atoms with van der Waals surface area (Å²) in [6, 6.07) is 11.8. The zero-order valence-electron chi connectivity index (χ0n) is 19.2. The third kappa shape index (κ3) is 4.50.